The SMILES string of the molecule is CC(C)(C)c1ccc(Nc2cc3c(cc2-c2ccc4c5c6c(ccc5n5c4c2Bc2cc4c(cc2-5)sc2ccccc24)oc2ccccc26)sc2cc4c(cc23)C(C)(C)CCC4(C)C)cc1. The molecule has 0 radical (unpaired) electrons. The van der Waals surface area contributed by atoms with E-state index < -0.39 is 0 Å². The molecule has 3 nitrogen and oxygen atoms in total. The third-order valence-electron chi connectivity index (χ3n) is 15.6. The van der Waals surface area contributed by atoms with Crippen molar-refractivity contribution in [2.24, 2.45) is 0 Å². The van der Waals surface area contributed by atoms with E-state index in [2.05, 4.69) is 192 Å². The van der Waals surface area contributed by atoms with E-state index in [0.717, 1.165) is 35.2 Å². The van der Waals surface area contributed by atoms with Crippen molar-refractivity contribution in [3.05, 3.63) is 150 Å². The molecule has 5 heterocycles. The highest BCUT2D eigenvalue weighted by Gasteiger charge is 2.38. The molecule has 12 aromatic rings. The lowest BCUT2D eigenvalue weighted by atomic mass is 9.59. The zero-order chi connectivity index (χ0) is 44.6. The highest BCUT2D eigenvalue weighted by atomic mass is 32.1. The standard InChI is InChI=1S/C60H49BN2OS2/c1-58(2,3)32-16-18-33(19-17-32)62-45-28-41-39-26-42-43(60(6,7)25-24-59(42,4)5)30-52(39)66-51(41)29-38(45)35-20-21-37-54-46(22-23-49-55(54)36-13-8-10-14-48(36)64-49)63-47-31-53-40(27-44(47)61-56(35)57(37)63)34-12-9-11-15-50(34)65-53/h8-23,26-31,61-62H,24-25H2,1-7H3. The van der Waals surface area contributed by atoms with Crippen LogP contribution in [0.3, 0.4) is 0 Å². The lowest BCUT2D eigenvalue weighted by Crippen LogP contribution is -2.37. The van der Waals surface area contributed by atoms with E-state index in [1.807, 2.05) is 22.7 Å². The van der Waals surface area contributed by atoms with E-state index in [1.54, 1.807) is 0 Å². The molecular weight excluding hydrogens is 840 g/mol. The lowest BCUT2D eigenvalue weighted by molar-refractivity contribution is 0.332. The molecule has 0 saturated heterocycles. The number of hydrogen-bond donors (Lipinski definition) is 1. The zero-order valence-electron chi connectivity index (χ0n) is 38.5. The van der Waals surface area contributed by atoms with Crippen molar-refractivity contribution >= 4 is 136 Å². The third-order valence-corrected chi connectivity index (χ3v) is 17.9. The first-order chi connectivity index (χ1) is 31.8. The number of hydrogen-bond acceptors (Lipinski definition) is 4. The first kappa shape index (κ1) is 38.9. The summed E-state index contributed by atoms with van der Waals surface area (Å²) in [4.78, 5) is 0. The Morgan fingerprint density at radius 3 is 2.06 bits per heavy atom. The predicted octanol–water partition coefficient (Wildman–Crippen LogP) is 16.2. The van der Waals surface area contributed by atoms with Crippen LogP contribution in [0.25, 0.3) is 101 Å². The van der Waals surface area contributed by atoms with Gasteiger partial charge in [-0.2, -0.15) is 0 Å². The molecule has 0 saturated carbocycles. The van der Waals surface area contributed by atoms with Gasteiger partial charge >= 0.3 is 0 Å². The number of aromatic nitrogens is 1. The molecule has 14 rings (SSSR count). The Balaban J connectivity index is 1.07. The number of benzene rings is 8. The van der Waals surface area contributed by atoms with Crippen LogP contribution in [0.1, 0.15) is 78.0 Å². The van der Waals surface area contributed by atoms with Crippen molar-refractivity contribution in [1.82, 2.24) is 4.57 Å². The molecule has 2 aliphatic rings. The van der Waals surface area contributed by atoms with Gasteiger partial charge in [-0.15, -0.1) is 22.7 Å². The van der Waals surface area contributed by atoms with E-state index in [1.165, 1.54) is 125 Å². The molecule has 0 atom stereocenters. The molecule has 0 fully saturated rings. The number of nitrogens with zero attached hydrogens (tertiary/aromatic N) is 1. The van der Waals surface area contributed by atoms with Crippen LogP contribution in [-0.4, -0.2) is 11.8 Å². The van der Waals surface area contributed by atoms with E-state index in [4.69, 9.17) is 4.42 Å². The van der Waals surface area contributed by atoms with Crippen LogP contribution >= 0.6 is 22.7 Å². The maximum atomic E-state index is 6.56. The van der Waals surface area contributed by atoms with Gasteiger partial charge in [-0.1, -0.05) is 121 Å². The first-order valence-corrected chi connectivity index (χ1v) is 25.2. The maximum absolute atomic E-state index is 6.56. The molecule has 8 aromatic carbocycles. The smallest absolute Gasteiger partial charge is 0.198 e. The third kappa shape index (κ3) is 5.43. The second-order valence-corrected chi connectivity index (χ2v) is 23.8. The Hall–Kier alpha value is -6.34. The van der Waals surface area contributed by atoms with Gasteiger partial charge in [0.05, 0.1) is 5.52 Å². The Labute approximate surface area is 392 Å². The number of fused-ring (bicyclic) bond motifs is 16. The Morgan fingerprint density at radius 1 is 0.576 bits per heavy atom. The van der Waals surface area contributed by atoms with Gasteiger partial charge in [0.15, 0.2) is 7.28 Å². The van der Waals surface area contributed by atoms with Gasteiger partial charge in [0.1, 0.15) is 11.2 Å². The Morgan fingerprint density at radius 2 is 1.26 bits per heavy atom. The van der Waals surface area contributed by atoms with Crippen molar-refractivity contribution in [3.8, 4) is 16.8 Å². The highest BCUT2D eigenvalue weighted by molar-refractivity contribution is 7.26. The minimum Gasteiger partial charge on any atom is -0.456 e. The normalized spacial score (nSPS) is 15.4. The molecule has 1 aliphatic heterocycles. The van der Waals surface area contributed by atoms with Crippen LogP contribution in [-0.2, 0) is 16.2 Å². The van der Waals surface area contributed by atoms with Crippen molar-refractivity contribution in [1.29, 1.82) is 0 Å². The second kappa shape index (κ2) is 13.2. The average Bonchev–Trinajstić information content (AvgIpc) is 4.06. The van der Waals surface area contributed by atoms with Crippen LogP contribution in [0.5, 0.6) is 0 Å². The van der Waals surface area contributed by atoms with Crippen LogP contribution in [0.4, 0.5) is 11.4 Å². The van der Waals surface area contributed by atoms with Crippen molar-refractivity contribution in [3.63, 3.8) is 0 Å². The van der Waals surface area contributed by atoms with E-state index >= 15 is 0 Å². The van der Waals surface area contributed by atoms with E-state index in [9.17, 15) is 0 Å². The van der Waals surface area contributed by atoms with Gasteiger partial charge in [0.25, 0.3) is 0 Å². The Kier molecular flexibility index (Phi) is 7.77. The number of rotatable bonds is 3. The average molecular weight is 889 g/mol. The molecule has 0 amide bonds. The van der Waals surface area contributed by atoms with Crippen molar-refractivity contribution < 1.29 is 4.42 Å². The van der Waals surface area contributed by atoms with Crippen LogP contribution in [0.15, 0.2) is 138 Å². The number of furan rings is 1. The Bertz CT molecular complexity index is 4090. The van der Waals surface area contributed by atoms with Gasteiger partial charge in [-0.3, -0.25) is 0 Å². The second-order valence-electron chi connectivity index (χ2n) is 21.6. The van der Waals surface area contributed by atoms with Crippen LogP contribution < -0.4 is 16.2 Å². The van der Waals surface area contributed by atoms with Gasteiger partial charge in [-0.05, 0) is 129 Å². The quantitative estimate of drug-likeness (QED) is 0.179. The molecule has 1 aliphatic carbocycles. The van der Waals surface area contributed by atoms with Gasteiger partial charge < -0.3 is 14.3 Å². The van der Waals surface area contributed by atoms with Gasteiger partial charge in [-0.25, -0.2) is 0 Å². The van der Waals surface area contributed by atoms with Crippen LogP contribution in [0.2, 0.25) is 0 Å². The number of para-hydroxylation sites is 1. The monoisotopic (exact) mass is 888 g/mol. The molecule has 0 bridgehead atoms. The van der Waals surface area contributed by atoms with Crippen LogP contribution in [0, 0.1) is 0 Å². The largest absolute Gasteiger partial charge is 0.456 e. The summed E-state index contributed by atoms with van der Waals surface area (Å²) in [7, 11) is 0.828. The number of nitrogens with one attached hydrogen (secondary N) is 1. The molecule has 6 heteroatoms. The molecule has 0 spiro atoms. The molecule has 4 aromatic heterocycles. The summed E-state index contributed by atoms with van der Waals surface area (Å²) < 4.78 is 14.5. The predicted molar refractivity (Wildman–Crippen MR) is 289 cm³/mol. The van der Waals surface area contributed by atoms with E-state index in [0.29, 0.717) is 0 Å². The summed E-state index contributed by atoms with van der Waals surface area (Å²) in [6, 6.07) is 50.9. The topological polar surface area (TPSA) is 30.1 Å². The minimum atomic E-state index is 0.0711. The number of thiophene rings is 2. The number of anilines is 2. The van der Waals surface area contributed by atoms with Crippen molar-refractivity contribution in [2.45, 2.75) is 77.6 Å². The first-order valence-electron chi connectivity index (χ1n) is 23.6. The van der Waals surface area contributed by atoms with E-state index in [-0.39, 0.29) is 16.2 Å². The van der Waals surface area contributed by atoms with Gasteiger partial charge in [0.2, 0.25) is 0 Å². The summed E-state index contributed by atoms with van der Waals surface area (Å²) in [6.07, 6.45) is 2.40. The maximum Gasteiger partial charge on any atom is 0.198 e. The fraction of sp³-hybridized carbons (Fsp3) is 0.200. The molecule has 0 unspecified atom stereocenters. The zero-order valence-corrected chi connectivity index (χ0v) is 40.1. The summed E-state index contributed by atoms with van der Waals surface area (Å²) in [6.45, 7) is 16.6. The summed E-state index contributed by atoms with van der Waals surface area (Å²) in [5, 5.41) is 14.3. The fourth-order valence-corrected chi connectivity index (χ4v) is 14.2. The molecule has 1 N–H and O–H groups in total. The minimum absolute atomic E-state index is 0.0711. The summed E-state index contributed by atoms with van der Waals surface area (Å²) in [5.74, 6) is 0. The molecule has 66 heavy (non-hydrogen) atoms. The fourth-order valence-electron chi connectivity index (χ4n) is 11.9. The highest BCUT2D eigenvalue weighted by Crippen LogP contribution is 2.51. The summed E-state index contributed by atoms with van der Waals surface area (Å²) in [5.41, 5.74) is 17.8. The lowest BCUT2D eigenvalue weighted by Gasteiger charge is -2.41. The summed E-state index contributed by atoms with van der Waals surface area (Å²) >= 11 is 3.85. The molecule has 320 valence electrons. The molecular formula is C60H49BN2OS2. The van der Waals surface area contributed by atoms with Gasteiger partial charge in [0, 0.05) is 84.6 Å². The van der Waals surface area contributed by atoms with Crippen molar-refractivity contribution in [2.75, 3.05) is 5.32 Å².